The van der Waals surface area contributed by atoms with E-state index in [2.05, 4.69) is 53.2 Å². The molecule has 15 heteroatoms. The molecule has 2 saturated heterocycles. The summed E-state index contributed by atoms with van der Waals surface area (Å²) in [4.78, 5) is 35.5. The first-order valence-electron chi connectivity index (χ1n) is 21.2. The van der Waals surface area contributed by atoms with E-state index in [1.807, 2.05) is 25.1 Å². The number of hydrogen-bond acceptors (Lipinski definition) is 10. The van der Waals surface area contributed by atoms with Crippen molar-refractivity contribution in [1.29, 1.82) is 0 Å². The van der Waals surface area contributed by atoms with E-state index in [1.54, 1.807) is 31.1 Å². The number of methoxy groups -OCH3 is 1. The van der Waals surface area contributed by atoms with Crippen LogP contribution in [0.1, 0.15) is 70.9 Å². The second kappa shape index (κ2) is 16.5. The van der Waals surface area contributed by atoms with Crippen LogP contribution in [-0.4, -0.2) is 115 Å². The summed E-state index contributed by atoms with van der Waals surface area (Å²) in [6, 6.07) is 12.1. The van der Waals surface area contributed by atoms with Gasteiger partial charge in [0.05, 0.1) is 43.4 Å². The molecule has 6 atom stereocenters. The lowest BCUT2D eigenvalue weighted by atomic mass is 9.68. The van der Waals surface area contributed by atoms with Crippen molar-refractivity contribution in [2.24, 2.45) is 29.2 Å². The molecule has 13 nitrogen and oxygen atoms in total. The van der Waals surface area contributed by atoms with Crippen LogP contribution < -0.4 is 19.3 Å². The normalized spacial score (nSPS) is 30.8. The molecule has 6 aliphatic rings. The van der Waals surface area contributed by atoms with E-state index in [0.29, 0.717) is 73.2 Å². The van der Waals surface area contributed by atoms with Crippen molar-refractivity contribution < 1.29 is 28.0 Å². The Balaban J connectivity index is 1.05. The van der Waals surface area contributed by atoms with Crippen LogP contribution in [-0.2, 0) is 38.3 Å². The predicted molar refractivity (Wildman–Crippen MR) is 229 cm³/mol. The van der Waals surface area contributed by atoms with E-state index >= 15 is 4.21 Å². The third kappa shape index (κ3) is 8.15. The van der Waals surface area contributed by atoms with Crippen molar-refractivity contribution in [3.8, 4) is 5.75 Å². The van der Waals surface area contributed by atoms with Gasteiger partial charge >= 0.3 is 0 Å². The van der Waals surface area contributed by atoms with E-state index in [9.17, 15) is 9.59 Å². The minimum atomic E-state index is -3.62. The molecule has 4 aliphatic heterocycles. The van der Waals surface area contributed by atoms with Gasteiger partial charge in [0.2, 0.25) is 0 Å². The number of aromatic nitrogens is 2. The molecular weight excluding hydrogens is 790 g/mol. The van der Waals surface area contributed by atoms with Gasteiger partial charge in [-0.15, -0.1) is 4.36 Å². The highest BCUT2D eigenvalue weighted by Crippen LogP contribution is 2.47. The van der Waals surface area contributed by atoms with Gasteiger partial charge in [0.1, 0.15) is 21.2 Å². The number of carbonyl (C=O) groups excluding carboxylic acids is 2. The molecule has 3 aromatic rings. The van der Waals surface area contributed by atoms with E-state index < -0.39 is 21.7 Å². The predicted octanol–water partition coefficient (Wildman–Crippen LogP) is 5.66. The minimum Gasteiger partial charge on any atom is -0.490 e. The maximum atomic E-state index is 15.0. The van der Waals surface area contributed by atoms with Gasteiger partial charge < -0.3 is 24.0 Å². The number of aryl methyl sites for hydroxylation is 2. The lowest BCUT2D eigenvalue weighted by Gasteiger charge is -2.46. The van der Waals surface area contributed by atoms with Crippen molar-refractivity contribution in [3.63, 3.8) is 0 Å². The van der Waals surface area contributed by atoms with E-state index in [-0.39, 0.29) is 23.2 Å². The Morgan fingerprint density at radius 3 is 2.66 bits per heavy atom. The van der Waals surface area contributed by atoms with Gasteiger partial charge in [0.25, 0.3) is 11.8 Å². The third-order valence-corrected chi connectivity index (χ3v) is 15.8. The van der Waals surface area contributed by atoms with Gasteiger partial charge in [-0.25, -0.2) is 4.21 Å². The lowest BCUT2D eigenvalue weighted by Crippen LogP contribution is -2.56. The molecular formula is C44H56ClN7O6S. The number of piperazine rings is 1. The number of amides is 2. The molecule has 9 rings (SSSR count). The number of ether oxygens (including phenoxy) is 3. The first-order valence-corrected chi connectivity index (χ1v) is 23.3. The quantitative estimate of drug-likeness (QED) is 0.322. The summed E-state index contributed by atoms with van der Waals surface area (Å²) in [5.41, 5.74) is 3.68. The molecule has 0 radical (unpaired) electrons. The monoisotopic (exact) mass is 845 g/mol. The number of hydrogen-bond donors (Lipinski definition) is 1. The van der Waals surface area contributed by atoms with Crippen LogP contribution in [0.25, 0.3) is 0 Å². The Labute approximate surface area is 352 Å². The summed E-state index contributed by atoms with van der Waals surface area (Å²) in [5, 5.41) is 5.40. The van der Waals surface area contributed by atoms with Crippen molar-refractivity contribution in [3.05, 3.63) is 82.0 Å². The van der Waals surface area contributed by atoms with E-state index in [1.165, 1.54) is 11.1 Å². The van der Waals surface area contributed by atoms with Crippen molar-refractivity contribution in [1.82, 2.24) is 19.4 Å². The van der Waals surface area contributed by atoms with Gasteiger partial charge in [0.15, 0.2) is 5.82 Å². The van der Waals surface area contributed by atoms with Crippen molar-refractivity contribution >= 4 is 44.8 Å². The number of halogens is 1. The summed E-state index contributed by atoms with van der Waals surface area (Å²) < 4.78 is 42.0. The number of allylic oxidation sites excluding steroid dienone is 1. The topological polar surface area (TPSA) is 131 Å². The zero-order valence-corrected chi connectivity index (χ0v) is 35.9. The molecule has 59 heavy (non-hydrogen) atoms. The fourth-order valence-electron chi connectivity index (χ4n) is 10.2. The van der Waals surface area contributed by atoms with Crippen LogP contribution in [0.15, 0.2) is 59.1 Å². The van der Waals surface area contributed by atoms with Gasteiger partial charge in [0, 0.05) is 75.6 Å². The van der Waals surface area contributed by atoms with Crippen molar-refractivity contribution in [2.45, 2.75) is 63.0 Å². The first kappa shape index (κ1) is 40.5. The molecule has 2 bridgehead atoms. The first-order chi connectivity index (χ1) is 28.5. The maximum absolute atomic E-state index is 15.0. The van der Waals surface area contributed by atoms with Crippen LogP contribution in [0.4, 0.5) is 11.5 Å². The fraction of sp³-hybridized carbons (Fsp3) is 0.568. The SMILES string of the molecule is CO[C@H]1/C=C/C[C@H](C)CS(=O)(NC(=O)c2cn(C)nc2N2CCN(C3COC3)CC2)=NC(=O)c2ccc3c(c2)N(C[C@@H]2CC[C@H]21)C[C@@]1(CCCc2cc(Cl)ccc21)CO3. The number of fused-ring (bicyclic) bond motifs is 4. The molecule has 1 aromatic heterocycles. The van der Waals surface area contributed by atoms with Crippen LogP contribution in [0, 0.1) is 17.8 Å². The molecule has 1 saturated carbocycles. The van der Waals surface area contributed by atoms with Crippen LogP contribution in [0.3, 0.4) is 0 Å². The molecule has 2 amide bonds. The Bertz CT molecular complexity index is 2240. The molecule has 2 aromatic carbocycles. The third-order valence-electron chi connectivity index (χ3n) is 13.6. The second-order valence-electron chi connectivity index (χ2n) is 17.6. The number of carbonyl (C=O) groups is 2. The summed E-state index contributed by atoms with van der Waals surface area (Å²) in [6.07, 6.45) is 11.5. The highest BCUT2D eigenvalue weighted by molar-refractivity contribution is 7.92. The Kier molecular flexibility index (Phi) is 11.3. The van der Waals surface area contributed by atoms with Gasteiger partial charge in [-0.1, -0.05) is 36.7 Å². The minimum absolute atomic E-state index is 0.0115. The van der Waals surface area contributed by atoms with Gasteiger partial charge in [-0.05, 0) is 97.7 Å². The van der Waals surface area contributed by atoms with Gasteiger partial charge in [-0.2, -0.15) is 5.10 Å². The average Bonchev–Trinajstić information content (AvgIpc) is 3.51. The zero-order chi connectivity index (χ0) is 40.9. The van der Waals surface area contributed by atoms with Crippen LogP contribution in [0.5, 0.6) is 5.75 Å². The molecule has 5 heterocycles. The fourth-order valence-corrected chi connectivity index (χ4v) is 12.2. The summed E-state index contributed by atoms with van der Waals surface area (Å²) in [7, 11) is -0.0744. The lowest BCUT2D eigenvalue weighted by molar-refractivity contribution is -0.0661. The zero-order valence-electron chi connectivity index (χ0n) is 34.3. The molecule has 1 N–H and O–H groups in total. The Morgan fingerprint density at radius 2 is 1.92 bits per heavy atom. The molecule has 2 aliphatic carbocycles. The number of nitrogens with zero attached hydrogens (tertiary/aromatic N) is 6. The van der Waals surface area contributed by atoms with Crippen LogP contribution >= 0.6 is 11.6 Å². The largest absolute Gasteiger partial charge is 0.490 e. The van der Waals surface area contributed by atoms with Crippen LogP contribution in [0.2, 0.25) is 5.02 Å². The summed E-state index contributed by atoms with van der Waals surface area (Å²) >= 11 is 6.50. The Morgan fingerprint density at radius 1 is 1.08 bits per heavy atom. The number of rotatable bonds is 5. The van der Waals surface area contributed by atoms with Crippen molar-refractivity contribution in [2.75, 3.05) is 81.8 Å². The maximum Gasteiger partial charge on any atom is 0.286 e. The number of nitrogens with one attached hydrogen (secondary N) is 1. The van der Waals surface area contributed by atoms with Gasteiger partial charge in [-0.3, -0.25) is 23.9 Å². The second-order valence-corrected chi connectivity index (χ2v) is 20.1. The number of benzene rings is 2. The highest BCUT2D eigenvalue weighted by Gasteiger charge is 2.44. The highest BCUT2D eigenvalue weighted by atomic mass is 35.5. The Hall–Kier alpha value is -3.95. The summed E-state index contributed by atoms with van der Waals surface area (Å²) in [5.74, 6) is 0.535. The molecule has 1 unspecified atom stereocenters. The number of anilines is 2. The van der Waals surface area contributed by atoms with E-state index in [0.717, 1.165) is 75.7 Å². The van der Waals surface area contributed by atoms with E-state index in [4.69, 9.17) is 25.8 Å². The standard InChI is InChI=1S/C44H56ClN7O6S/c1-29-6-4-8-39(56-3)35-12-9-32(35)22-52-27-44(15-5-7-30-20-33(45)11-13-37(30)44)28-58-40-14-10-31(21-38(40)52)42(53)47-59(55,26-29)48-43(54)36-23-49(2)46-41(36)51-18-16-50(17-19-51)34-24-57-25-34/h4,8,10-11,13-14,20-21,23,29,32,34-35,39H,5-7,9,12,15-19,22,24-28H2,1-3H3,(H,47,48,53,54,55)/b8-4+/t29-,32-,35+,39-,44-,59?/m0/s1. The molecule has 1 spiro atoms. The molecule has 316 valence electrons. The smallest absolute Gasteiger partial charge is 0.286 e. The average molecular weight is 846 g/mol. The summed E-state index contributed by atoms with van der Waals surface area (Å²) in [6.45, 7) is 8.50. The molecule has 3 fully saturated rings.